The van der Waals surface area contributed by atoms with Crippen LogP contribution in [0.4, 0.5) is 0 Å². The largest absolute Gasteiger partial charge is 0.387 e. The molecule has 0 spiro atoms. The van der Waals surface area contributed by atoms with Crippen LogP contribution in [-0.2, 0) is 16.1 Å². The minimum absolute atomic E-state index is 0.292. The quantitative estimate of drug-likeness (QED) is 0.419. The highest BCUT2D eigenvalue weighted by Gasteiger charge is 2.48. The molecule has 2 aromatic rings. The Hall–Kier alpha value is -2.33. The summed E-state index contributed by atoms with van der Waals surface area (Å²) in [5, 5.41) is 36.3. The molecule has 0 radical (unpaired) electrons. The molecule has 1 aromatic heterocycles. The van der Waals surface area contributed by atoms with E-state index in [0.717, 1.165) is 5.56 Å². The summed E-state index contributed by atoms with van der Waals surface area (Å²) in [6, 6.07) is 9.60. The van der Waals surface area contributed by atoms with E-state index >= 15 is 0 Å². The van der Waals surface area contributed by atoms with E-state index in [4.69, 9.17) is 9.94 Å². The van der Waals surface area contributed by atoms with Crippen LogP contribution in [0.1, 0.15) is 17.4 Å². The fourth-order valence-electron chi connectivity index (χ4n) is 2.49. The molecule has 0 aliphatic carbocycles. The molecule has 1 aromatic carbocycles. The number of hydrogen-bond acceptors (Lipinski definition) is 7. The van der Waals surface area contributed by atoms with Crippen LogP contribution in [0.15, 0.2) is 36.5 Å². The van der Waals surface area contributed by atoms with E-state index in [1.165, 1.54) is 5.48 Å². The van der Waals surface area contributed by atoms with Crippen molar-refractivity contribution in [2.75, 3.05) is 0 Å². The first-order valence-corrected chi connectivity index (χ1v) is 6.99. The number of nitrogens with zero attached hydrogens (tertiary/aromatic N) is 3. The van der Waals surface area contributed by atoms with E-state index in [1.54, 1.807) is 10.9 Å². The summed E-state index contributed by atoms with van der Waals surface area (Å²) >= 11 is 0. The SMILES string of the molecule is O=C(NO)[C@H]1O[C@H](c2cn(Cc3ccccc3)nn2)[C@@H](O)[C@H]1O. The van der Waals surface area contributed by atoms with Gasteiger partial charge in [-0.25, -0.2) is 10.2 Å². The lowest BCUT2D eigenvalue weighted by Gasteiger charge is -2.11. The average molecular weight is 320 g/mol. The Labute approximate surface area is 131 Å². The molecule has 2 heterocycles. The Morgan fingerprint density at radius 1 is 1.26 bits per heavy atom. The summed E-state index contributed by atoms with van der Waals surface area (Å²) in [6.07, 6.45) is -3.62. The molecule has 23 heavy (non-hydrogen) atoms. The number of carbonyl (C=O) groups excluding carboxylic acids is 1. The first-order valence-electron chi connectivity index (χ1n) is 6.99. The van der Waals surface area contributed by atoms with Crippen molar-refractivity contribution >= 4 is 5.91 Å². The number of aliphatic hydroxyl groups excluding tert-OH is 2. The highest BCUT2D eigenvalue weighted by molar-refractivity contribution is 5.80. The Morgan fingerprint density at radius 3 is 2.70 bits per heavy atom. The lowest BCUT2D eigenvalue weighted by molar-refractivity contribution is -0.144. The highest BCUT2D eigenvalue weighted by atomic mass is 16.6. The van der Waals surface area contributed by atoms with Gasteiger partial charge >= 0.3 is 0 Å². The van der Waals surface area contributed by atoms with Crippen molar-refractivity contribution in [3.05, 3.63) is 47.8 Å². The molecule has 9 heteroatoms. The van der Waals surface area contributed by atoms with Gasteiger partial charge in [0.25, 0.3) is 5.91 Å². The van der Waals surface area contributed by atoms with Crippen molar-refractivity contribution in [2.24, 2.45) is 0 Å². The van der Waals surface area contributed by atoms with Crippen molar-refractivity contribution < 1.29 is 25.0 Å². The van der Waals surface area contributed by atoms with Crippen LogP contribution in [0, 0.1) is 0 Å². The number of aromatic nitrogens is 3. The second-order valence-electron chi connectivity index (χ2n) is 5.26. The van der Waals surface area contributed by atoms with Gasteiger partial charge in [-0.2, -0.15) is 0 Å². The third-order valence-electron chi connectivity index (χ3n) is 3.67. The first kappa shape index (κ1) is 15.6. The molecular weight excluding hydrogens is 304 g/mol. The smallest absolute Gasteiger partial charge is 0.275 e. The normalized spacial score (nSPS) is 27.1. The summed E-state index contributed by atoms with van der Waals surface area (Å²) in [6.45, 7) is 0.486. The molecule has 1 saturated heterocycles. The second-order valence-corrected chi connectivity index (χ2v) is 5.26. The van der Waals surface area contributed by atoms with E-state index in [-0.39, 0.29) is 0 Å². The number of rotatable bonds is 4. The van der Waals surface area contributed by atoms with Crippen molar-refractivity contribution in [3.8, 4) is 0 Å². The number of amides is 1. The van der Waals surface area contributed by atoms with Crippen LogP contribution in [0.3, 0.4) is 0 Å². The van der Waals surface area contributed by atoms with Crippen LogP contribution >= 0.6 is 0 Å². The summed E-state index contributed by atoms with van der Waals surface area (Å²) in [5.41, 5.74) is 2.71. The molecule has 122 valence electrons. The Balaban J connectivity index is 1.74. The molecule has 4 N–H and O–H groups in total. The number of aliphatic hydroxyl groups is 2. The van der Waals surface area contributed by atoms with Gasteiger partial charge in [-0.15, -0.1) is 5.10 Å². The molecule has 0 unspecified atom stereocenters. The van der Waals surface area contributed by atoms with Crippen LogP contribution in [0.2, 0.25) is 0 Å². The summed E-state index contributed by atoms with van der Waals surface area (Å²) < 4.78 is 6.86. The van der Waals surface area contributed by atoms with E-state index in [2.05, 4.69) is 10.3 Å². The fourth-order valence-corrected chi connectivity index (χ4v) is 2.49. The van der Waals surface area contributed by atoms with Crippen LogP contribution < -0.4 is 5.48 Å². The summed E-state index contributed by atoms with van der Waals surface area (Å²) in [5.74, 6) is -0.935. The Bertz CT molecular complexity index is 677. The minimum atomic E-state index is -1.47. The van der Waals surface area contributed by atoms with E-state index < -0.39 is 30.3 Å². The van der Waals surface area contributed by atoms with Crippen molar-refractivity contribution in [1.82, 2.24) is 20.5 Å². The lowest BCUT2D eigenvalue weighted by Crippen LogP contribution is -2.41. The number of hydrogen-bond donors (Lipinski definition) is 4. The Morgan fingerprint density at radius 2 is 2.00 bits per heavy atom. The third kappa shape index (κ3) is 3.08. The van der Waals surface area contributed by atoms with E-state index in [1.807, 2.05) is 30.3 Å². The summed E-state index contributed by atoms with van der Waals surface area (Å²) in [7, 11) is 0. The molecular formula is C14H16N4O5. The van der Waals surface area contributed by atoms with Crippen LogP contribution in [-0.4, -0.2) is 54.6 Å². The molecule has 1 aliphatic heterocycles. The zero-order chi connectivity index (χ0) is 16.4. The number of ether oxygens (including phenoxy) is 1. The highest BCUT2D eigenvalue weighted by Crippen LogP contribution is 2.32. The lowest BCUT2D eigenvalue weighted by atomic mass is 10.1. The predicted octanol–water partition coefficient (Wildman–Crippen LogP) is -1.01. The monoisotopic (exact) mass is 320 g/mol. The van der Waals surface area contributed by atoms with Crippen molar-refractivity contribution in [1.29, 1.82) is 0 Å². The maximum absolute atomic E-state index is 11.4. The Kier molecular flexibility index (Phi) is 4.35. The average Bonchev–Trinajstić information content (AvgIpc) is 3.14. The maximum atomic E-state index is 11.4. The van der Waals surface area contributed by atoms with Gasteiger partial charge in [0.05, 0.1) is 12.7 Å². The molecule has 1 amide bonds. The third-order valence-corrected chi connectivity index (χ3v) is 3.67. The molecule has 1 fully saturated rings. The van der Waals surface area contributed by atoms with Crippen LogP contribution in [0.25, 0.3) is 0 Å². The standard InChI is InChI=1S/C14H16N4O5/c19-10-11(20)13(14(21)16-22)23-12(10)9-7-18(17-15-9)6-8-4-2-1-3-5-8/h1-5,7,10-13,19-20,22H,6H2,(H,16,21)/t10-,11+,12+,13-/m0/s1. The topological polar surface area (TPSA) is 130 Å². The molecule has 1 aliphatic rings. The van der Waals surface area contributed by atoms with Crippen LogP contribution in [0.5, 0.6) is 0 Å². The molecule has 3 rings (SSSR count). The van der Waals surface area contributed by atoms with Gasteiger partial charge < -0.3 is 14.9 Å². The van der Waals surface area contributed by atoms with Crippen molar-refractivity contribution in [2.45, 2.75) is 31.0 Å². The first-order chi connectivity index (χ1) is 11.1. The minimum Gasteiger partial charge on any atom is -0.387 e. The van der Waals surface area contributed by atoms with Gasteiger partial charge in [-0.05, 0) is 5.56 Å². The zero-order valence-electron chi connectivity index (χ0n) is 12.0. The number of benzene rings is 1. The number of carbonyl (C=O) groups is 1. The molecule has 9 nitrogen and oxygen atoms in total. The maximum Gasteiger partial charge on any atom is 0.275 e. The second kappa shape index (κ2) is 6.42. The number of hydroxylamine groups is 1. The number of nitrogens with one attached hydrogen (secondary N) is 1. The van der Waals surface area contributed by atoms with Gasteiger partial charge in [0.2, 0.25) is 0 Å². The fraction of sp³-hybridized carbons (Fsp3) is 0.357. The van der Waals surface area contributed by atoms with Gasteiger partial charge in [0, 0.05) is 0 Å². The van der Waals surface area contributed by atoms with Gasteiger partial charge in [-0.3, -0.25) is 10.0 Å². The molecule has 4 atom stereocenters. The van der Waals surface area contributed by atoms with Crippen molar-refractivity contribution in [3.63, 3.8) is 0 Å². The molecule has 0 bridgehead atoms. The van der Waals surface area contributed by atoms with E-state index in [0.29, 0.717) is 12.2 Å². The van der Waals surface area contributed by atoms with Gasteiger partial charge in [-0.1, -0.05) is 35.5 Å². The van der Waals surface area contributed by atoms with Gasteiger partial charge in [0.15, 0.2) is 6.10 Å². The summed E-state index contributed by atoms with van der Waals surface area (Å²) in [4.78, 5) is 11.4. The van der Waals surface area contributed by atoms with E-state index in [9.17, 15) is 15.0 Å². The predicted molar refractivity (Wildman–Crippen MR) is 75.1 cm³/mol. The molecule has 0 saturated carbocycles. The van der Waals surface area contributed by atoms with Gasteiger partial charge in [0.1, 0.15) is 24.0 Å². The zero-order valence-corrected chi connectivity index (χ0v) is 12.0.